The third kappa shape index (κ3) is 2.45. The van der Waals surface area contributed by atoms with E-state index in [-0.39, 0.29) is 5.56 Å². The minimum absolute atomic E-state index is 0.227. The highest BCUT2D eigenvalue weighted by Crippen LogP contribution is 2.18. The lowest BCUT2D eigenvalue weighted by Crippen LogP contribution is -2.12. The quantitative estimate of drug-likeness (QED) is 0.829. The summed E-state index contributed by atoms with van der Waals surface area (Å²) >= 11 is 0. The van der Waals surface area contributed by atoms with Crippen LogP contribution in [-0.4, -0.2) is 19.6 Å². The molecule has 0 amide bonds. The largest absolute Gasteiger partial charge is 0.380 e. The first-order valence-corrected chi connectivity index (χ1v) is 5.60. The van der Waals surface area contributed by atoms with E-state index in [0.29, 0.717) is 11.4 Å². The van der Waals surface area contributed by atoms with Crippen LogP contribution >= 0.6 is 0 Å². The SMILES string of the molecule is CCCn1ccnc1C(O)c1cc[nH]c(=O)c1. The van der Waals surface area contributed by atoms with Crippen LogP contribution in [0.5, 0.6) is 0 Å². The molecule has 0 saturated carbocycles. The van der Waals surface area contributed by atoms with Crippen molar-refractivity contribution in [3.8, 4) is 0 Å². The standard InChI is InChI=1S/C12H15N3O2/c1-2-6-15-7-5-14-12(15)11(17)9-3-4-13-10(16)8-9/h3-5,7-8,11,17H,2,6H2,1H3,(H,13,16). The molecule has 5 heteroatoms. The maximum absolute atomic E-state index is 11.2. The van der Waals surface area contributed by atoms with Gasteiger partial charge in [-0.2, -0.15) is 0 Å². The molecule has 0 bridgehead atoms. The van der Waals surface area contributed by atoms with Crippen LogP contribution in [0.25, 0.3) is 0 Å². The molecule has 0 fully saturated rings. The molecular formula is C12H15N3O2. The van der Waals surface area contributed by atoms with Crippen LogP contribution < -0.4 is 5.56 Å². The fourth-order valence-electron chi connectivity index (χ4n) is 1.78. The van der Waals surface area contributed by atoms with E-state index in [2.05, 4.69) is 16.9 Å². The number of aromatic nitrogens is 3. The number of nitrogens with zero attached hydrogens (tertiary/aromatic N) is 2. The maximum atomic E-state index is 11.2. The maximum Gasteiger partial charge on any atom is 0.248 e. The number of hydrogen-bond donors (Lipinski definition) is 2. The zero-order valence-electron chi connectivity index (χ0n) is 9.63. The number of rotatable bonds is 4. The fraction of sp³-hybridized carbons (Fsp3) is 0.333. The number of hydrogen-bond acceptors (Lipinski definition) is 3. The molecule has 2 aromatic rings. The minimum atomic E-state index is -0.862. The average molecular weight is 233 g/mol. The highest BCUT2D eigenvalue weighted by atomic mass is 16.3. The van der Waals surface area contributed by atoms with Crippen LogP contribution in [0.2, 0.25) is 0 Å². The number of aliphatic hydroxyl groups is 1. The van der Waals surface area contributed by atoms with E-state index in [0.717, 1.165) is 13.0 Å². The number of nitrogens with one attached hydrogen (secondary N) is 1. The van der Waals surface area contributed by atoms with E-state index < -0.39 is 6.10 Å². The number of H-pyrrole nitrogens is 1. The Balaban J connectivity index is 2.33. The summed E-state index contributed by atoms with van der Waals surface area (Å²) in [4.78, 5) is 17.8. The first kappa shape index (κ1) is 11.6. The molecule has 0 radical (unpaired) electrons. The predicted molar refractivity (Wildman–Crippen MR) is 63.6 cm³/mol. The fourth-order valence-corrected chi connectivity index (χ4v) is 1.78. The van der Waals surface area contributed by atoms with Crippen molar-refractivity contribution in [3.05, 3.63) is 52.5 Å². The van der Waals surface area contributed by atoms with Crippen LogP contribution in [0.1, 0.15) is 30.8 Å². The van der Waals surface area contributed by atoms with E-state index >= 15 is 0 Å². The number of aliphatic hydroxyl groups excluding tert-OH is 1. The van der Waals surface area contributed by atoms with Gasteiger partial charge >= 0.3 is 0 Å². The van der Waals surface area contributed by atoms with Gasteiger partial charge in [0.25, 0.3) is 0 Å². The predicted octanol–water partition coefficient (Wildman–Crippen LogP) is 1.06. The van der Waals surface area contributed by atoms with Crippen molar-refractivity contribution < 1.29 is 5.11 Å². The first-order valence-electron chi connectivity index (χ1n) is 5.60. The number of imidazole rings is 1. The van der Waals surface area contributed by atoms with Crippen LogP contribution in [0, 0.1) is 0 Å². The summed E-state index contributed by atoms with van der Waals surface area (Å²) in [7, 11) is 0. The van der Waals surface area contributed by atoms with Crippen molar-refractivity contribution in [1.82, 2.24) is 14.5 Å². The minimum Gasteiger partial charge on any atom is -0.380 e. The Morgan fingerprint density at radius 2 is 2.41 bits per heavy atom. The summed E-state index contributed by atoms with van der Waals surface area (Å²) in [5.41, 5.74) is 0.326. The Bertz CT molecular complexity index is 544. The van der Waals surface area contributed by atoms with Crippen molar-refractivity contribution in [1.29, 1.82) is 0 Å². The Kier molecular flexibility index (Phi) is 3.39. The summed E-state index contributed by atoms with van der Waals surface area (Å²) in [6, 6.07) is 3.06. The van der Waals surface area contributed by atoms with Crippen LogP contribution in [0.15, 0.2) is 35.5 Å². The summed E-state index contributed by atoms with van der Waals surface area (Å²) < 4.78 is 1.89. The smallest absolute Gasteiger partial charge is 0.248 e. The monoisotopic (exact) mass is 233 g/mol. The highest BCUT2D eigenvalue weighted by molar-refractivity contribution is 5.20. The van der Waals surface area contributed by atoms with Gasteiger partial charge in [0.15, 0.2) is 0 Å². The molecule has 2 N–H and O–H groups in total. The van der Waals surface area contributed by atoms with Crippen LogP contribution in [-0.2, 0) is 6.54 Å². The van der Waals surface area contributed by atoms with Gasteiger partial charge in [-0.15, -0.1) is 0 Å². The van der Waals surface area contributed by atoms with Gasteiger partial charge in [-0.1, -0.05) is 6.92 Å². The Morgan fingerprint density at radius 1 is 1.59 bits per heavy atom. The number of aromatic amines is 1. The molecule has 0 aromatic carbocycles. The van der Waals surface area contributed by atoms with Crippen LogP contribution in [0.3, 0.4) is 0 Å². The topological polar surface area (TPSA) is 70.9 Å². The number of aryl methyl sites for hydroxylation is 1. The molecule has 0 spiro atoms. The molecule has 1 unspecified atom stereocenters. The second-order valence-electron chi connectivity index (χ2n) is 3.87. The van der Waals surface area contributed by atoms with Crippen molar-refractivity contribution in [2.24, 2.45) is 0 Å². The van der Waals surface area contributed by atoms with E-state index in [9.17, 15) is 9.90 Å². The Labute approximate surface area is 98.8 Å². The highest BCUT2D eigenvalue weighted by Gasteiger charge is 2.15. The first-order chi connectivity index (χ1) is 8.22. The molecule has 0 aliphatic rings. The Morgan fingerprint density at radius 3 is 3.12 bits per heavy atom. The molecule has 5 nitrogen and oxygen atoms in total. The molecule has 0 aliphatic carbocycles. The molecule has 2 rings (SSSR count). The molecule has 17 heavy (non-hydrogen) atoms. The van der Waals surface area contributed by atoms with Gasteiger partial charge in [0.1, 0.15) is 11.9 Å². The van der Waals surface area contributed by atoms with Crippen molar-refractivity contribution in [3.63, 3.8) is 0 Å². The normalized spacial score (nSPS) is 12.6. The third-order valence-electron chi connectivity index (χ3n) is 2.57. The molecule has 0 aliphatic heterocycles. The van der Waals surface area contributed by atoms with Crippen molar-refractivity contribution in [2.75, 3.05) is 0 Å². The summed E-state index contributed by atoms with van der Waals surface area (Å²) in [6.07, 6.45) is 5.11. The molecule has 1 atom stereocenters. The van der Waals surface area contributed by atoms with Gasteiger partial charge in [-0.05, 0) is 18.1 Å². The van der Waals surface area contributed by atoms with Gasteiger partial charge in [-0.3, -0.25) is 4.79 Å². The summed E-state index contributed by atoms with van der Waals surface area (Å²) in [5, 5.41) is 10.2. The lowest BCUT2D eigenvalue weighted by atomic mass is 10.1. The van der Waals surface area contributed by atoms with Gasteiger partial charge in [0.05, 0.1) is 0 Å². The zero-order valence-corrected chi connectivity index (χ0v) is 9.63. The molecule has 0 saturated heterocycles. The van der Waals surface area contributed by atoms with E-state index in [1.165, 1.54) is 12.3 Å². The van der Waals surface area contributed by atoms with Gasteiger partial charge in [-0.25, -0.2) is 4.98 Å². The summed E-state index contributed by atoms with van der Waals surface area (Å²) in [5.74, 6) is 0.567. The second-order valence-corrected chi connectivity index (χ2v) is 3.87. The Hall–Kier alpha value is -1.88. The van der Waals surface area contributed by atoms with Gasteiger partial charge in [0.2, 0.25) is 5.56 Å². The second kappa shape index (κ2) is 4.97. The van der Waals surface area contributed by atoms with E-state index in [1.807, 2.05) is 10.8 Å². The lowest BCUT2D eigenvalue weighted by Gasteiger charge is -2.12. The average Bonchev–Trinajstić information content (AvgIpc) is 2.77. The van der Waals surface area contributed by atoms with E-state index in [1.54, 1.807) is 12.3 Å². The molecule has 90 valence electrons. The number of pyridine rings is 1. The third-order valence-corrected chi connectivity index (χ3v) is 2.57. The molecule has 2 aromatic heterocycles. The van der Waals surface area contributed by atoms with Crippen LogP contribution in [0.4, 0.5) is 0 Å². The molecular weight excluding hydrogens is 218 g/mol. The van der Waals surface area contributed by atoms with E-state index in [4.69, 9.17) is 0 Å². The molecule has 2 heterocycles. The zero-order chi connectivity index (χ0) is 12.3. The summed E-state index contributed by atoms with van der Waals surface area (Å²) in [6.45, 7) is 2.86. The van der Waals surface area contributed by atoms with Crippen molar-refractivity contribution >= 4 is 0 Å². The van der Waals surface area contributed by atoms with Gasteiger partial charge < -0.3 is 14.7 Å². The van der Waals surface area contributed by atoms with Crippen molar-refractivity contribution in [2.45, 2.75) is 26.0 Å². The van der Waals surface area contributed by atoms with Gasteiger partial charge in [0, 0.05) is 31.2 Å². The lowest BCUT2D eigenvalue weighted by molar-refractivity contribution is 0.204.